The van der Waals surface area contributed by atoms with Crippen molar-refractivity contribution in [3.8, 4) is 23.0 Å². The van der Waals surface area contributed by atoms with Crippen molar-refractivity contribution in [1.29, 1.82) is 0 Å². The van der Waals surface area contributed by atoms with E-state index < -0.39 is 27.1 Å². The summed E-state index contributed by atoms with van der Waals surface area (Å²) in [5.74, 6) is -1.33. The molecule has 0 aromatic heterocycles. The second-order valence-electron chi connectivity index (χ2n) is 6.19. The molecule has 2 aromatic carbocycles. The molecule has 0 fully saturated rings. The molecule has 176 valence electrons. The minimum absolute atomic E-state index is 0.0201. The number of benzene rings is 2. The molecule has 14 heteroatoms. The summed E-state index contributed by atoms with van der Waals surface area (Å²) in [6, 6.07) is 5.66. The lowest BCUT2D eigenvalue weighted by atomic mass is 10.0. The molecule has 32 heavy (non-hydrogen) atoms. The maximum atomic E-state index is 11.5. The van der Waals surface area contributed by atoms with Crippen LogP contribution in [0.1, 0.15) is 22.3 Å². The van der Waals surface area contributed by atoms with E-state index >= 15 is 0 Å². The van der Waals surface area contributed by atoms with Crippen molar-refractivity contribution in [2.24, 2.45) is 0 Å². The Hall–Kier alpha value is -2.40. The van der Waals surface area contributed by atoms with Crippen molar-refractivity contribution in [1.82, 2.24) is 0 Å². The molecular formula is C18H22O12P2. The van der Waals surface area contributed by atoms with E-state index in [9.17, 15) is 38.9 Å². The van der Waals surface area contributed by atoms with E-state index in [2.05, 4.69) is 9.05 Å². The zero-order chi connectivity index (χ0) is 24.1. The van der Waals surface area contributed by atoms with E-state index in [-0.39, 0.29) is 24.5 Å². The molecule has 0 amide bonds. The van der Waals surface area contributed by atoms with Crippen LogP contribution in [-0.4, -0.2) is 44.0 Å². The van der Waals surface area contributed by atoms with Gasteiger partial charge in [0.2, 0.25) is 5.75 Å². The maximum absolute atomic E-state index is 11.5. The minimum Gasteiger partial charge on any atom is -0.496 e. The fourth-order valence-electron chi connectivity index (χ4n) is 2.78. The highest BCUT2D eigenvalue weighted by Crippen LogP contribution is 2.53. The Kier molecular flexibility index (Phi) is 8.47. The van der Waals surface area contributed by atoms with E-state index in [1.165, 1.54) is 31.4 Å². The van der Waals surface area contributed by atoms with Crippen LogP contribution < -0.4 is 18.5 Å². The van der Waals surface area contributed by atoms with Crippen molar-refractivity contribution in [2.75, 3.05) is 14.2 Å². The van der Waals surface area contributed by atoms with Crippen LogP contribution in [0.25, 0.3) is 12.2 Å². The predicted molar refractivity (Wildman–Crippen MR) is 112 cm³/mol. The average Bonchev–Trinajstić information content (AvgIpc) is 2.71. The lowest BCUT2D eigenvalue weighted by molar-refractivity contribution is 0.254. The van der Waals surface area contributed by atoms with Gasteiger partial charge in [0, 0.05) is 11.1 Å². The normalized spacial score (nSPS) is 12.1. The number of aliphatic hydroxyl groups excluding tert-OH is 2. The number of hydrogen-bond acceptors (Lipinski definition) is 8. The van der Waals surface area contributed by atoms with Gasteiger partial charge in [-0.3, -0.25) is 19.6 Å². The monoisotopic (exact) mass is 492 g/mol. The second kappa shape index (κ2) is 10.5. The van der Waals surface area contributed by atoms with Gasteiger partial charge in [0.1, 0.15) is 5.75 Å². The molecule has 6 N–H and O–H groups in total. The maximum Gasteiger partial charge on any atom is 0.525 e. The molecule has 0 heterocycles. The summed E-state index contributed by atoms with van der Waals surface area (Å²) in [5, 5.41) is 19.0. The first-order valence-corrected chi connectivity index (χ1v) is 11.8. The number of methoxy groups -OCH3 is 2. The molecule has 0 saturated heterocycles. The van der Waals surface area contributed by atoms with Gasteiger partial charge in [0.25, 0.3) is 0 Å². The molecular weight excluding hydrogens is 470 g/mol. The van der Waals surface area contributed by atoms with Crippen LogP contribution in [0.5, 0.6) is 23.0 Å². The zero-order valence-corrected chi connectivity index (χ0v) is 18.7. The highest BCUT2D eigenvalue weighted by Gasteiger charge is 2.29. The second-order valence-corrected chi connectivity index (χ2v) is 8.52. The molecule has 0 aliphatic heterocycles. The number of phosphoric ester groups is 2. The van der Waals surface area contributed by atoms with Gasteiger partial charge in [-0.05, 0) is 35.4 Å². The van der Waals surface area contributed by atoms with Crippen LogP contribution in [0.4, 0.5) is 0 Å². The van der Waals surface area contributed by atoms with Crippen molar-refractivity contribution in [2.45, 2.75) is 13.2 Å². The Morgan fingerprint density at radius 3 is 1.91 bits per heavy atom. The van der Waals surface area contributed by atoms with Crippen LogP contribution in [0, 0.1) is 0 Å². The van der Waals surface area contributed by atoms with Crippen molar-refractivity contribution in [3.05, 3.63) is 46.5 Å². The molecule has 0 saturated carbocycles. The molecule has 0 unspecified atom stereocenters. The standard InChI is InChI=1S/C18H22O12P2/c1-27-15-6-5-12(17(29-31(21,22)23)18(15)30-32(24,25)26)4-3-11-7-13(9-19)14(10-20)16(8-11)28-2/h3-8,19-20H,9-10H2,1-2H3,(H2,21,22,23)(H2,24,25,26)/b4-3-. The summed E-state index contributed by atoms with van der Waals surface area (Å²) in [6.45, 7) is -0.756. The first kappa shape index (κ1) is 25.9. The number of aliphatic hydroxyl groups is 2. The van der Waals surface area contributed by atoms with E-state index in [1.807, 2.05) is 0 Å². The third-order valence-corrected chi connectivity index (χ3v) is 4.92. The Bertz CT molecular complexity index is 1060. The van der Waals surface area contributed by atoms with E-state index in [0.29, 0.717) is 22.4 Å². The van der Waals surface area contributed by atoms with Crippen molar-refractivity contribution < 1.29 is 57.4 Å². The van der Waals surface area contributed by atoms with Gasteiger partial charge in [-0.2, -0.15) is 0 Å². The summed E-state index contributed by atoms with van der Waals surface area (Å²) < 4.78 is 42.2. The first-order valence-electron chi connectivity index (χ1n) is 8.73. The third kappa shape index (κ3) is 6.80. The Morgan fingerprint density at radius 2 is 1.41 bits per heavy atom. The number of phosphoric acid groups is 2. The summed E-state index contributed by atoms with van der Waals surface area (Å²) in [5.41, 5.74) is 1.23. The summed E-state index contributed by atoms with van der Waals surface area (Å²) in [4.78, 5) is 36.9. The fraction of sp³-hybridized carbons (Fsp3) is 0.222. The number of ether oxygens (including phenoxy) is 2. The third-order valence-electron chi connectivity index (χ3n) is 4.07. The number of hydrogen-bond donors (Lipinski definition) is 6. The zero-order valence-electron chi connectivity index (χ0n) is 16.9. The lowest BCUT2D eigenvalue weighted by Gasteiger charge is -2.18. The van der Waals surface area contributed by atoms with Crippen LogP contribution in [0.2, 0.25) is 0 Å². The lowest BCUT2D eigenvalue weighted by Crippen LogP contribution is -2.01. The van der Waals surface area contributed by atoms with Crippen LogP contribution in [-0.2, 0) is 22.3 Å². The van der Waals surface area contributed by atoms with Gasteiger partial charge in [-0.1, -0.05) is 12.2 Å². The topological polar surface area (TPSA) is 192 Å². The molecule has 0 atom stereocenters. The fourth-order valence-corrected chi connectivity index (χ4v) is 3.62. The summed E-state index contributed by atoms with van der Waals surface area (Å²) in [7, 11) is -7.79. The molecule has 0 aliphatic rings. The molecule has 0 radical (unpaired) electrons. The van der Waals surface area contributed by atoms with Crippen LogP contribution >= 0.6 is 15.6 Å². The molecule has 12 nitrogen and oxygen atoms in total. The minimum atomic E-state index is -5.17. The Balaban J connectivity index is 2.65. The highest BCUT2D eigenvalue weighted by atomic mass is 31.2. The van der Waals surface area contributed by atoms with Gasteiger partial charge in [0.15, 0.2) is 11.5 Å². The van der Waals surface area contributed by atoms with E-state index in [0.717, 1.165) is 7.11 Å². The van der Waals surface area contributed by atoms with Crippen LogP contribution in [0.15, 0.2) is 24.3 Å². The molecule has 0 spiro atoms. The Morgan fingerprint density at radius 1 is 0.812 bits per heavy atom. The first-order chi connectivity index (χ1) is 14.9. The predicted octanol–water partition coefficient (Wildman–Crippen LogP) is 1.80. The van der Waals surface area contributed by atoms with Gasteiger partial charge in [0.05, 0.1) is 27.4 Å². The van der Waals surface area contributed by atoms with Crippen LogP contribution in [0.3, 0.4) is 0 Å². The summed E-state index contributed by atoms with van der Waals surface area (Å²) in [6.07, 6.45) is 2.78. The van der Waals surface area contributed by atoms with Crippen molar-refractivity contribution >= 4 is 27.8 Å². The van der Waals surface area contributed by atoms with Gasteiger partial charge in [-0.15, -0.1) is 0 Å². The smallest absolute Gasteiger partial charge is 0.496 e. The van der Waals surface area contributed by atoms with Crippen molar-refractivity contribution in [3.63, 3.8) is 0 Å². The SMILES string of the molecule is COc1cc(/C=C\c2ccc(OC)c(OP(=O)(O)O)c2OP(=O)(O)O)cc(CO)c1CO. The summed E-state index contributed by atoms with van der Waals surface area (Å²) >= 11 is 0. The molecule has 0 aliphatic carbocycles. The van der Waals surface area contributed by atoms with Gasteiger partial charge >= 0.3 is 15.6 Å². The van der Waals surface area contributed by atoms with E-state index in [1.54, 1.807) is 12.1 Å². The van der Waals surface area contributed by atoms with Gasteiger partial charge < -0.3 is 28.7 Å². The van der Waals surface area contributed by atoms with Gasteiger partial charge in [-0.25, -0.2) is 9.13 Å². The highest BCUT2D eigenvalue weighted by molar-refractivity contribution is 7.47. The molecule has 2 rings (SSSR count). The largest absolute Gasteiger partial charge is 0.525 e. The van der Waals surface area contributed by atoms with E-state index in [4.69, 9.17) is 9.47 Å². The Labute approximate surface area is 182 Å². The molecule has 2 aromatic rings. The molecule has 0 bridgehead atoms. The quantitative estimate of drug-likeness (QED) is 0.208. The number of rotatable bonds is 10. The average molecular weight is 492 g/mol.